The molecule has 1 N–H and O–H groups in total. The highest BCUT2D eigenvalue weighted by molar-refractivity contribution is 6.30. The first-order valence-electron chi connectivity index (χ1n) is 5.87. The molecular weight excluding hydrogens is 236 g/mol. The van der Waals surface area contributed by atoms with Crippen molar-refractivity contribution in [3.8, 4) is 0 Å². The molecule has 0 spiro atoms. The third-order valence-electron chi connectivity index (χ3n) is 3.18. The van der Waals surface area contributed by atoms with Crippen molar-refractivity contribution in [2.45, 2.75) is 13.0 Å². The molecule has 0 aromatic heterocycles. The molecule has 1 unspecified atom stereocenters. The van der Waals surface area contributed by atoms with E-state index in [1.165, 1.54) is 5.56 Å². The summed E-state index contributed by atoms with van der Waals surface area (Å²) in [5.74, 6) is 0.290. The average Bonchev–Trinajstić information content (AvgIpc) is 2.76. The number of amides is 1. The fourth-order valence-corrected chi connectivity index (χ4v) is 2.50. The van der Waals surface area contributed by atoms with Gasteiger partial charge in [-0.25, -0.2) is 0 Å². The maximum absolute atomic E-state index is 11.5. The minimum atomic E-state index is 0.138. The molecule has 1 aliphatic heterocycles. The van der Waals surface area contributed by atoms with E-state index >= 15 is 0 Å². The number of hydrogen-bond acceptors (Lipinski definition) is 2. The van der Waals surface area contributed by atoms with E-state index in [1.807, 2.05) is 18.2 Å². The number of likely N-dealkylation sites (tertiary alicyclic amines) is 1. The zero-order chi connectivity index (χ0) is 12.3. The molecule has 4 heteroatoms. The highest BCUT2D eigenvalue weighted by Gasteiger charge is 2.27. The Labute approximate surface area is 107 Å². The minimum absolute atomic E-state index is 0.138. The summed E-state index contributed by atoms with van der Waals surface area (Å²) in [4.78, 5) is 13.8. The molecule has 2 rings (SSSR count). The first kappa shape index (κ1) is 12.4. The van der Waals surface area contributed by atoms with Gasteiger partial charge in [-0.15, -0.1) is 0 Å². The van der Waals surface area contributed by atoms with Crippen molar-refractivity contribution in [2.24, 2.45) is 5.92 Å². The quantitative estimate of drug-likeness (QED) is 0.891. The SMILES string of the molecule is CNC(=O)C1CCN(Cc2cccc(Cl)c2)C1. The highest BCUT2D eigenvalue weighted by Crippen LogP contribution is 2.20. The van der Waals surface area contributed by atoms with Crippen LogP contribution < -0.4 is 5.32 Å². The van der Waals surface area contributed by atoms with Gasteiger partial charge < -0.3 is 5.32 Å². The van der Waals surface area contributed by atoms with E-state index in [0.717, 1.165) is 31.1 Å². The van der Waals surface area contributed by atoms with E-state index in [0.29, 0.717) is 0 Å². The fourth-order valence-electron chi connectivity index (χ4n) is 2.29. The zero-order valence-electron chi connectivity index (χ0n) is 9.95. The van der Waals surface area contributed by atoms with Crippen molar-refractivity contribution in [3.63, 3.8) is 0 Å². The van der Waals surface area contributed by atoms with Crippen LogP contribution in [0, 0.1) is 5.92 Å². The number of carbonyl (C=O) groups excluding carboxylic acids is 1. The van der Waals surface area contributed by atoms with Gasteiger partial charge in [-0.2, -0.15) is 0 Å². The Hall–Kier alpha value is -1.06. The van der Waals surface area contributed by atoms with Crippen LogP contribution in [0.3, 0.4) is 0 Å². The Morgan fingerprint density at radius 2 is 2.41 bits per heavy atom. The number of benzene rings is 1. The van der Waals surface area contributed by atoms with E-state index in [2.05, 4.69) is 16.3 Å². The molecule has 1 fully saturated rings. The summed E-state index contributed by atoms with van der Waals surface area (Å²) < 4.78 is 0. The number of rotatable bonds is 3. The Morgan fingerprint density at radius 1 is 1.59 bits per heavy atom. The van der Waals surface area contributed by atoms with Crippen LogP contribution in [-0.2, 0) is 11.3 Å². The fraction of sp³-hybridized carbons (Fsp3) is 0.462. The van der Waals surface area contributed by atoms with E-state index in [4.69, 9.17) is 11.6 Å². The number of nitrogens with zero attached hydrogens (tertiary/aromatic N) is 1. The monoisotopic (exact) mass is 252 g/mol. The normalized spacial score (nSPS) is 20.5. The van der Waals surface area contributed by atoms with Gasteiger partial charge >= 0.3 is 0 Å². The molecule has 0 saturated carbocycles. The van der Waals surface area contributed by atoms with Crippen LogP contribution in [0.2, 0.25) is 5.02 Å². The van der Waals surface area contributed by atoms with Crippen LogP contribution in [0.1, 0.15) is 12.0 Å². The van der Waals surface area contributed by atoms with Crippen LogP contribution in [0.5, 0.6) is 0 Å². The van der Waals surface area contributed by atoms with Crippen molar-refractivity contribution in [1.29, 1.82) is 0 Å². The van der Waals surface area contributed by atoms with Crippen LogP contribution in [0.25, 0.3) is 0 Å². The molecule has 1 amide bonds. The van der Waals surface area contributed by atoms with E-state index in [-0.39, 0.29) is 11.8 Å². The molecule has 0 bridgehead atoms. The maximum Gasteiger partial charge on any atom is 0.224 e. The molecule has 1 aliphatic rings. The first-order chi connectivity index (χ1) is 8.19. The lowest BCUT2D eigenvalue weighted by Gasteiger charge is -2.15. The average molecular weight is 253 g/mol. The summed E-state index contributed by atoms with van der Waals surface area (Å²) in [7, 11) is 1.70. The lowest BCUT2D eigenvalue weighted by Crippen LogP contribution is -2.30. The van der Waals surface area contributed by atoms with Gasteiger partial charge in [0.15, 0.2) is 0 Å². The Morgan fingerprint density at radius 3 is 3.12 bits per heavy atom. The minimum Gasteiger partial charge on any atom is -0.359 e. The van der Waals surface area contributed by atoms with Crippen molar-refractivity contribution in [2.75, 3.05) is 20.1 Å². The van der Waals surface area contributed by atoms with Gasteiger partial charge in [-0.3, -0.25) is 9.69 Å². The van der Waals surface area contributed by atoms with Gasteiger partial charge in [0.1, 0.15) is 0 Å². The third kappa shape index (κ3) is 3.20. The number of hydrogen-bond donors (Lipinski definition) is 1. The zero-order valence-corrected chi connectivity index (χ0v) is 10.7. The Kier molecular flexibility index (Phi) is 4.02. The molecule has 0 radical (unpaired) electrons. The smallest absolute Gasteiger partial charge is 0.224 e. The predicted octanol–water partition coefficient (Wildman–Crippen LogP) is 1.91. The molecule has 1 aromatic rings. The van der Waals surface area contributed by atoms with E-state index in [9.17, 15) is 4.79 Å². The second-order valence-electron chi connectivity index (χ2n) is 4.46. The van der Waals surface area contributed by atoms with Gasteiger partial charge in [0.2, 0.25) is 5.91 Å². The van der Waals surface area contributed by atoms with Gasteiger partial charge in [0, 0.05) is 25.2 Å². The highest BCUT2D eigenvalue weighted by atomic mass is 35.5. The van der Waals surface area contributed by atoms with Gasteiger partial charge in [-0.1, -0.05) is 23.7 Å². The van der Waals surface area contributed by atoms with Crippen LogP contribution in [0.15, 0.2) is 24.3 Å². The molecule has 0 aliphatic carbocycles. The van der Waals surface area contributed by atoms with Crippen molar-refractivity contribution < 1.29 is 4.79 Å². The molecular formula is C13H17ClN2O. The van der Waals surface area contributed by atoms with Gasteiger partial charge in [-0.05, 0) is 30.7 Å². The van der Waals surface area contributed by atoms with Crippen LogP contribution >= 0.6 is 11.6 Å². The molecule has 92 valence electrons. The van der Waals surface area contributed by atoms with Crippen molar-refractivity contribution >= 4 is 17.5 Å². The standard InChI is InChI=1S/C13H17ClN2O/c1-15-13(17)11-5-6-16(9-11)8-10-3-2-4-12(14)7-10/h2-4,7,11H,5-6,8-9H2,1H3,(H,15,17). The van der Waals surface area contributed by atoms with E-state index < -0.39 is 0 Å². The number of carbonyl (C=O) groups is 1. The summed E-state index contributed by atoms with van der Waals surface area (Å²) in [5.41, 5.74) is 1.20. The second kappa shape index (κ2) is 5.52. The molecule has 1 atom stereocenters. The van der Waals surface area contributed by atoms with Crippen LogP contribution in [0.4, 0.5) is 0 Å². The summed E-state index contributed by atoms with van der Waals surface area (Å²) in [6.45, 7) is 2.69. The second-order valence-corrected chi connectivity index (χ2v) is 4.90. The largest absolute Gasteiger partial charge is 0.359 e. The third-order valence-corrected chi connectivity index (χ3v) is 3.42. The topological polar surface area (TPSA) is 32.3 Å². The van der Waals surface area contributed by atoms with Gasteiger partial charge in [0.25, 0.3) is 0 Å². The predicted molar refractivity (Wildman–Crippen MR) is 68.9 cm³/mol. The Bertz CT molecular complexity index is 408. The first-order valence-corrected chi connectivity index (χ1v) is 6.25. The van der Waals surface area contributed by atoms with E-state index in [1.54, 1.807) is 7.05 Å². The van der Waals surface area contributed by atoms with Crippen molar-refractivity contribution in [3.05, 3.63) is 34.9 Å². The van der Waals surface area contributed by atoms with Crippen LogP contribution in [-0.4, -0.2) is 30.9 Å². The molecule has 3 nitrogen and oxygen atoms in total. The Balaban J connectivity index is 1.92. The summed E-state index contributed by atoms with van der Waals surface area (Å²) in [6.07, 6.45) is 0.945. The number of halogens is 1. The molecule has 1 aromatic carbocycles. The molecule has 1 heterocycles. The molecule has 1 saturated heterocycles. The number of nitrogens with one attached hydrogen (secondary N) is 1. The summed E-state index contributed by atoms with van der Waals surface area (Å²) in [5, 5.41) is 3.48. The summed E-state index contributed by atoms with van der Waals surface area (Å²) >= 11 is 5.95. The lowest BCUT2D eigenvalue weighted by molar-refractivity contribution is -0.124. The summed E-state index contributed by atoms with van der Waals surface area (Å²) in [6, 6.07) is 7.89. The molecule has 17 heavy (non-hydrogen) atoms. The lowest BCUT2D eigenvalue weighted by atomic mass is 10.1. The van der Waals surface area contributed by atoms with Crippen molar-refractivity contribution in [1.82, 2.24) is 10.2 Å². The van der Waals surface area contributed by atoms with Gasteiger partial charge in [0.05, 0.1) is 5.92 Å². The maximum atomic E-state index is 11.5.